The van der Waals surface area contributed by atoms with Gasteiger partial charge in [0.15, 0.2) is 11.5 Å². The second kappa shape index (κ2) is 14.2. The van der Waals surface area contributed by atoms with Gasteiger partial charge in [-0.2, -0.15) is 0 Å². The first-order valence-electron chi connectivity index (χ1n) is 13.2. The maximum absolute atomic E-state index is 14.1. The van der Waals surface area contributed by atoms with Gasteiger partial charge in [0.25, 0.3) is 10.0 Å². The first-order chi connectivity index (χ1) is 19.5. The molecule has 0 spiro atoms. The van der Waals surface area contributed by atoms with Crippen LogP contribution in [0.1, 0.15) is 31.4 Å². The van der Waals surface area contributed by atoms with E-state index in [0.29, 0.717) is 28.6 Å². The van der Waals surface area contributed by atoms with Gasteiger partial charge in [-0.05, 0) is 56.2 Å². The minimum absolute atomic E-state index is 0.0113. The van der Waals surface area contributed by atoms with Gasteiger partial charge in [-0.25, -0.2) is 8.42 Å². The molecular weight excluding hydrogens is 566 g/mol. The van der Waals surface area contributed by atoms with Gasteiger partial charge in [0.1, 0.15) is 12.6 Å². The minimum atomic E-state index is -4.27. The smallest absolute Gasteiger partial charge is 0.264 e. The van der Waals surface area contributed by atoms with E-state index in [2.05, 4.69) is 5.32 Å². The molecule has 0 aliphatic heterocycles. The molecule has 41 heavy (non-hydrogen) atoms. The van der Waals surface area contributed by atoms with E-state index < -0.39 is 28.5 Å². The van der Waals surface area contributed by atoms with E-state index in [1.54, 1.807) is 55.5 Å². The number of rotatable bonds is 13. The zero-order valence-electron chi connectivity index (χ0n) is 23.9. The molecule has 3 rings (SSSR count). The van der Waals surface area contributed by atoms with Gasteiger partial charge >= 0.3 is 0 Å². The highest BCUT2D eigenvalue weighted by molar-refractivity contribution is 7.92. The summed E-state index contributed by atoms with van der Waals surface area (Å²) in [5, 5.41) is 3.25. The van der Waals surface area contributed by atoms with Crippen LogP contribution in [0.3, 0.4) is 0 Å². The van der Waals surface area contributed by atoms with Crippen LogP contribution >= 0.6 is 11.6 Å². The molecule has 11 heteroatoms. The third kappa shape index (κ3) is 7.71. The van der Waals surface area contributed by atoms with E-state index in [4.69, 9.17) is 21.1 Å². The van der Waals surface area contributed by atoms with Crippen LogP contribution in [0, 0.1) is 6.92 Å². The lowest BCUT2D eigenvalue weighted by Gasteiger charge is -2.32. The Hall–Kier alpha value is -3.76. The summed E-state index contributed by atoms with van der Waals surface area (Å²) in [4.78, 5) is 28.2. The molecule has 3 aromatic carbocycles. The number of methoxy groups -OCH3 is 2. The number of carbonyl (C=O) groups excluding carboxylic acids is 2. The molecule has 1 N–H and O–H groups in total. The van der Waals surface area contributed by atoms with Crippen molar-refractivity contribution in [3.05, 3.63) is 82.9 Å². The van der Waals surface area contributed by atoms with E-state index >= 15 is 0 Å². The zero-order chi connectivity index (χ0) is 30.2. The summed E-state index contributed by atoms with van der Waals surface area (Å²) in [5.41, 5.74) is 1.84. The van der Waals surface area contributed by atoms with Crippen LogP contribution in [0.15, 0.2) is 71.6 Å². The first-order valence-corrected chi connectivity index (χ1v) is 15.0. The lowest BCUT2D eigenvalue weighted by Crippen LogP contribution is -2.51. The lowest BCUT2D eigenvalue weighted by molar-refractivity contribution is -0.139. The molecule has 0 bridgehead atoms. The molecule has 0 saturated carbocycles. The number of carbonyl (C=O) groups is 2. The summed E-state index contributed by atoms with van der Waals surface area (Å²) >= 11 is 6.40. The van der Waals surface area contributed by atoms with E-state index in [-0.39, 0.29) is 23.1 Å². The van der Waals surface area contributed by atoms with Gasteiger partial charge in [0.05, 0.1) is 24.8 Å². The van der Waals surface area contributed by atoms with Gasteiger partial charge < -0.3 is 19.7 Å². The third-order valence-corrected chi connectivity index (χ3v) is 8.70. The highest BCUT2D eigenvalue weighted by Crippen LogP contribution is 2.32. The summed E-state index contributed by atoms with van der Waals surface area (Å²) in [6.07, 6.45) is 0.724. The standard InChI is InChI=1S/C30H36ClN3O6S/c1-6-17-32-30(36)22(3)33(19-23-9-7-8-10-26(23)31)29(35)20-34(24-13-11-21(2)12-14-24)41(37,38)25-15-16-27(39-4)28(18-25)40-5/h7-16,18,22H,6,17,19-20H2,1-5H3,(H,32,36)/t22-/m0/s1. The van der Waals surface area contributed by atoms with Crippen LogP contribution < -0.4 is 19.1 Å². The van der Waals surface area contributed by atoms with Gasteiger partial charge in [-0.15, -0.1) is 0 Å². The highest BCUT2D eigenvalue weighted by atomic mass is 35.5. The van der Waals surface area contributed by atoms with E-state index in [1.165, 1.54) is 37.3 Å². The molecule has 0 heterocycles. The number of ether oxygens (including phenoxy) is 2. The van der Waals surface area contributed by atoms with Crippen molar-refractivity contribution in [1.82, 2.24) is 10.2 Å². The van der Waals surface area contributed by atoms with Gasteiger partial charge in [-0.3, -0.25) is 13.9 Å². The molecule has 0 radical (unpaired) electrons. The Morgan fingerprint density at radius 2 is 1.63 bits per heavy atom. The number of halogens is 1. The molecule has 9 nitrogen and oxygen atoms in total. The van der Waals surface area contributed by atoms with Gasteiger partial charge in [0.2, 0.25) is 11.8 Å². The molecule has 220 valence electrons. The molecule has 0 aliphatic rings. The molecular formula is C30H36ClN3O6S. The van der Waals surface area contributed by atoms with Crippen molar-refractivity contribution >= 4 is 39.1 Å². The maximum atomic E-state index is 14.1. The molecule has 0 aromatic heterocycles. The average Bonchev–Trinajstić information content (AvgIpc) is 2.97. The van der Waals surface area contributed by atoms with Crippen molar-refractivity contribution in [2.75, 3.05) is 31.6 Å². The van der Waals surface area contributed by atoms with Crippen LogP contribution in [0.5, 0.6) is 11.5 Å². The second-order valence-corrected chi connectivity index (χ2v) is 11.7. The quantitative estimate of drug-likeness (QED) is 0.302. The zero-order valence-corrected chi connectivity index (χ0v) is 25.5. The van der Waals surface area contributed by atoms with Crippen LogP contribution in [-0.2, 0) is 26.2 Å². The normalized spacial score (nSPS) is 11.9. The molecule has 0 unspecified atom stereocenters. The topological polar surface area (TPSA) is 105 Å². The number of anilines is 1. The Balaban J connectivity index is 2.07. The Bertz CT molecular complexity index is 1460. The van der Waals surface area contributed by atoms with Crippen molar-refractivity contribution in [1.29, 1.82) is 0 Å². The summed E-state index contributed by atoms with van der Waals surface area (Å²) in [7, 11) is -1.41. The van der Waals surface area contributed by atoms with Crippen molar-refractivity contribution < 1.29 is 27.5 Å². The van der Waals surface area contributed by atoms with Crippen molar-refractivity contribution in [2.24, 2.45) is 0 Å². The number of hydrogen-bond acceptors (Lipinski definition) is 6. The number of hydrogen-bond donors (Lipinski definition) is 1. The monoisotopic (exact) mass is 601 g/mol. The molecule has 3 aromatic rings. The van der Waals surface area contributed by atoms with Crippen molar-refractivity contribution in [3.63, 3.8) is 0 Å². The van der Waals surface area contributed by atoms with Crippen molar-refractivity contribution in [3.8, 4) is 11.5 Å². The maximum Gasteiger partial charge on any atom is 0.264 e. The summed E-state index contributed by atoms with van der Waals surface area (Å²) in [5.74, 6) is -0.335. The fourth-order valence-corrected chi connectivity index (χ4v) is 5.76. The Labute approximate surface area is 247 Å². The van der Waals surface area contributed by atoms with E-state index in [9.17, 15) is 18.0 Å². The van der Waals surface area contributed by atoms with Crippen LogP contribution in [-0.4, -0.2) is 58.5 Å². The minimum Gasteiger partial charge on any atom is -0.493 e. The first kappa shape index (κ1) is 31.8. The number of nitrogens with one attached hydrogen (secondary N) is 1. The Morgan fingerprint density at radius 1 is 0.976 bits per heavy atom. The Morgan fingerprint density at radius 3 is 2.24 bits per heavy atom. The third-order valence-electron chi connectivity index (χ3n) is 6.56. The van der Waals surface area contributed by atoms with E-state index in [0.717, 1.165) is 16.3 Å². The number of amides is 2. The summed E-state index contributed by atoms with van der Waals surface area (Å²) < 4.78 is 39.7. The second-order valence-electron chi connectivity index (χ2n) is 9.44. The number of benzene rings is 3. The fraction of sp³-hybridized carbons (Fsp3) is 0.333. The highest BCUT2D eigenvalue weighted by Gasteiger charge is 2.33. The molecule has 1 atom stereocenters. The SMILES string of the molecule is CCCNC(=O)[C@H](C)N(Cc1ccccc1Cl)C(=O)CN(c1ccc(C)cc1)S(=O)(=O)c1ccc(OC)c(OC)c1. The molecule has 2 amide bonds. The number of nitrogens with zero attached hydrogens (tertiary/aromatic N) is 2. The van der Waals surface area contributed by atoms with Crippen LogP contribution in [0.4, 0.5) is 5.69 Å². The fourth-order valence-electron chi connectivity index (χ4n) is 4.13. The predicted molar refractivity (Wildman–Crippen MR) is 160 cm³/mol. The predicted octanol–water partition coefficient (Wildman–Crippen LogP) is 4.80. The van der Waals surface area contributed by atoms with Crippen LogP contribution in [0.25, 0.3) is 0 Å². The molecule has 0 aliphatic carbocycles. The van der Waals surface area contributed by atoms with Crippen molar-refractivity contribution in [2.45, 2.75) is 44.7 Å². The molecule has 0 saturated heterocycles. The largest absolute Gasteiger partial charge is 0.493 e. The van der Waals surface area contributed by atoms with E-state index in [1.807, 2.05) is 13.8 Å². The van der Waals surface area contributed by atoms with Gasteiger partial charge in [0, 0.05) is 24.2 Å². The van der Waals surface area contributed by atoms with Crippen LogP contribution in [0.2, 0.25) is 5.02 Å². The average molecular weight is 602 g/mol. The van der Waals surface area contributed by atoms with Gasteiger partial charge in [-0.1, -0.05) is 54.4 Å². The Kier molecular flexibility index (Phi) is 11.0. The number of sulfonamides is 1. The molecule has 0 fully saturated rings. The number of aryl methyl sites for hydroxylation is 1. The summed E-state index contributed by atoms with van der Waals surface area (Å²) in [6.45, 7) is 5.31. The summed E-state index contributed by atoms with van der Waals surface area (Å²) in [6, 6.07) is 17.1. The lowest BCUT2D eigenvalue weighted by atomic mass is 10.1.